The number of aliphatic carboxylic acids is 1. The Bertz CT molecular complexity index is 1160. The predicted octanol–water partition coefficient (Wildman–Crippen LogP) is 3.32. The minimum absolute atomic E-state index is 0.0310. The molecule has 8 heteroatoms. The minimum atomic E-state index is -0.906. The van der Waals surface area contributed by atoms with E-state index >= 15 is 0 Å². The van der Waals surface area contributed by atoms with Gasteiger partial charge in [-0.1, -0.05) is 35.9 Å². The molecule has 0 bridgehead atoms. The number of carbonyl (C=O) groups is 2. The van der Waals surface area contributed by atoms with E-state index in [1.807, 2.05) is 49.4 Å². The number of rotatable bonds is 10. The van der Waals surface area contributed by atoms with Crippen LogP contribution in [0.4, 0.5) is 11.4 Å². The van der Waals surface area contributed by atoms with Crippen LogP contribution in [-0.4, -0.2) is 29.4 Å². The molecule has 3 rings (SSSR count). The zero-order valence-electron chi connectivity index (χ0n) is 18.3. The van der Waals surface area contributed by atoms with Crippen LogP contribution in [0.5, 0.6) is 0 Å². The van der Waals surface area contributed by atoms with Gasteiger partial charge in [0.1, 0.15) is 5.84 Å². The lowest BCUT2D eigenvalue weighted by Gasteiger charge is -2.15. The summed E-state index contributed by atoms with van der Waals surface area (Å²) in [6.07, 6.45) is 0. The first kappa shape index (κ1) is 23.5. The van der Waals surface area contributed by atoms with Gasteiger partial charge < -0.3 is 26.8 Å². The van der Waals surface area contributed by atoms with E-state index in [0.29, 0.717) is 35.6 Å². The molecule has 0 saturated carbocycles. The smallest absolute Gasteiger partial charge is 0.317 e. The van der Waals surface area contributed by atoms with Crippen molar-refractivity contribution in [2.45, 2.75) is 20.0 Å². The summed E-state index contributed by atoms with van der Waals surface area (Å²) in [5.74, 6) is -1.19. The van der Waals surface area contributed by atoms with Crippen molar-refractivity contribution in [2.24, 2.45) is 5.73 Å². The van der Waals surface area contributed by atoms with Gasteiger partial charge >= 0.3 is 5.97 Å². The number of amides is 1. The van der Waals surface area contributed by atoms with Gasteiger partial charge in [-0.2, -0.15) is 0 Å². The van der Waals surface area contributed by atoms with Crippen molar-refractivity contribution in [3.63, 3.8) is 0 Å². The zero-order valence-corrected chi connectivity index (χ0v) is 18.3. The van der Waals surface area contributed by atoms with Gasteiger partial charge in [0, 0.05) is 30.0 Å². The number of benzene rings is 3. The monoisotopic (exact) mass is 445 g/mol. The number of hydrogen-bond acceptors (Lipinski definition) is 5. The fourth-order valence-corrected chi connectivity index (χ4v) is 3.33. The van der Waals surface area contributed by atoms with E-state index in [2.05, 4.69) is 16.0 Å². The lowest BCUT2D eigenvalue weighted by atomic mass is 10.1. The average molecular weight is 446 g/mol. The first-order valence-corrected chi connectivity index (χ1v) is 10.4. The van der Waals surface area contributed by atoms with E-state index in [9.17, 15) is 9.59 Å². The number of nitrogen functional groups attached to an aromatic ring is 1. The largest absolute Gasteiger partial charge is 0.480 e. The number of anilines is 2. The number of aryl methyl sites for hydroxylation is 1. The van der Waals surface area contributed by atoms with E-state index in [1.54, 1.807) is 24.3 Å². The fraction of sp³-hybridized carbons (Fsp3) is 0.160. The van der Waals surface area contributed by atoms with Crippen molar-refractivity contribution in [3.05, 3.63) is 94.5 Å². The molecular formula is C25H27N5O3. The maximum Gasteiger partial charge on any atom is 0.317 e. The van der Waals surface area contributed by atoms with Gasteiger partial charge in [0.05, 0.1) is 12.1 Å². The molecule has 3 aromatic rings. The second kappa shape index (κ2) is 10.9. The number of nitrogens with two attached hydrogens (primary N) is 1. The lowest BCUT2D eigenvalue weighted by molar-refractivity contribution is -0.136. The Morgan fingerprint density at radius 3 is 2.27 bits per heavy atom. The molecule has 0 aliphatic rings. The van der Waals surface area contributed by atoms with Gasteiger partial charge in [-0.25, -0.2) is 0 Å². The van der Waals surface area contributed by atoms with E-state index in [-0.39, 0.29) is 18.3 Å². The van der Waals surface area contributed by atoms with Crippen LogP contribution in [-0.2, 0) is 17.9 Å². The molecule has 33 heavy (non-hydrogen) atoms. The molecule has 170 valence electrons. The molecule has 0 saturated heterocycles. The molecule has 0 aromatic heterocycles. The van der Waals surface area contributed by atoms with Gasteiger partial charge in [0.25, 0.3) is 5.91 Å². The Kier molecular flexibility index (Phi) is 7.77. The van der Waals surface area contributed by atoms with Gasteiger partial charge in [0.2, 0.25) is 0 Å². The Morgan fingerprint density at radius 2 is 1.64 bits per heavy atom. The van der Waals surface area contributed by atoms with Crippen LogP contribution < -0.4 is 21.7 Å². The van der Waals surface area contributed by atoms with Gasteiger partial charge in [0.15, 0.2) is 0 Å². The van der Waals surface area contributed by atoms with Crippen LogP contribution in [0.2, 0.25) is 0 Å². The summed E-state index contributed by atoms with van der Waals surface area (Å²) in [7, 11) is 0. The maximum atomic E-state index is 13.0. The number of amidine groups is 1. The maximum absolute atomic E-state index is 13.0. The van der Waals surface area contributed by atoms with E-state index in [0.717, 1.165) is 16.7 Å². The summed E-state index contributed by atoms with van der Waals surface area (Å²) in [5, 5.41) is 25.4. The minimum Gasteiger partial charge on any atom is -0.480 e. The fourth-order valence-electron chi connectivity index (χ4n) is 3.33. The molecule has 1 amide bonds. The summed E-state index contributed by atoms with van der Waals surface area (Å²) in [6, 6.07) is 20.1. The molecule has 0 spiro atoms. The Balaban J connectivity index is 1.73. The highest BCUT2D eigenvalue weighted by Gasteiger charge is 2.13. The third-order valence-electron chi connectivity index (χ3n) is 5.05. The van der Waals surface area contributed by atoms with E-state index in [1.165, 1.54) is 0 Å². The Labute approximate surface area is 192 Å². The third-order valence-corrected chi connectivity index (χ3v) is 5.05. The summed E-state index contributed by atoms with van der Waals surface area (Å²) in [4.78, 5) is 23.8. The molecule has 3 aromatic carbocycles. The van der Waals surface area contributed by atoms with Crippen LogP contribution in [0.25, 0.3) is 0 Å². The van der Waals surface area contributed by atoms with Crippen LogP contribution in [0.3, 0.4) is 0 Å². The summed E-state index contributed by atoms with van der Waals surface area (Å²) in [6.45, 7) is 2.71. The van der Waals surface area contributed by atoms with Gasteiger partial charge in [-0.15, -0.1) is 0 Å². The molecule has 0 radical (unpaired) electrons. The molecule has 0 aliphatic heterocycles. The molecule has 7 N–H and O–H groups in total. The van der Waals surface area contributed by atoms with Gasteiger partial charge in [-0.05, 0) is 54.4 Å². The van der Waals surface area contributed by atoms with Crippen LogP contribution in [0.15, 0.2) is 66.7 Å². The lowest BCUT2D eigenvalue weighted by Crippen LogP contribution is -2.22. The van der Waals surface area contributed by atoms with Crippen molar-refractivity contribution < 1.29 is 14.7 Å². The molecule has 0 fully saturated rings. The number of carboxylic acids is 1. The van der Waals surface area contributed by atoms with Crippen LogP contribution in [0, 0.1) is 12.3 Å². The number of carbonyl (C=O) groups excluding carboxylic acids is 1. The molecular weight excluding hydrogens is 418 g/mol. The first-order valence-electron chi connectivity index (χ1n) is 10.4. The summed E-state index contributed by atoms with van der Waals surface area (Å²) in [5.41, 5.74) is 10.8. The average Bonchev–Trinajstić information content (AvgIpc) is 2.79. The van der Waals surface area contributed by atoms with Crippen LogP contribution >= 0.6 is 0 Å². The van der Waals surface area contributed by atoms with Gasteiger partial charge in [-0.3, -0.25) is 15.0 Å². The number of hydrogen-bond donors (Lipinski definition) is 6. The summed E-state index contributed by atoms with van der Waals surface area (Å²) < 4.78 is 0. The Morgan fingerprint density at radius 1 is 0.970 bits per heavy atom. The van der Waals surface area contributed by atoms with Crippen molar-refractivity contribution >= 4 is 29.1 Å². The first-order chi connectivity index (χ1) is 15.8. The third kappa shape index (κ3) is 6.65. The zero-order chi connectivity index (χ0) is 23.8. The predicted molar refractivity (Wildman–Crippen MR) is 130 cm³/mol. The number of carboxylic acid groups (broad SMARTS) is 1. The number of nitrogens with one attached hydrogen (secondary N) is 4. The standard InChI is InChI=1S/C25H27N5O3/c1-16-6-11-22(29-14-19-5-3-2-4-18(19)13-28-15-23(31)32)21(12-16)25(33)30-20-9-7-17(8-10-20)24(26)27/h2-12,28-29H,13-15H2,1H3,(H3,26,27)(H,30,33)(H,31,32). The molecule has 0 heterocycles. The Hall–Kier alpha value is -4.17. The SMILES string of the molecule is Cc1ccc(NCc2ccccc2CNCC(=O)O)c(C(=O)Nc2ccc(C(=N)N)cc2)c1. The topological polar surface area (TPSA) is 140 Å². The highest BCUT2D eigenvalue weighted by molar-refractivity contribution is 6.08. The normalized spacial score (nSPS) is 10.5. The molecule has 8 nitrogen and oxygen atoms in total. The highest BCUT2D eigenvalue weighted by Crippen LogP contribution is 2.21. The molecule has 0 atom stereocenters. The van der Waals surface area contributed by atoms with Crippen molar-refractivity contribution in [2.75, 3.05) is 17.2 Å². The summed E-state index contributed by atoms with van der Waals surface area (Å²) >= 11 is 0. The second-order valence-electron chi connectivity index (χ2n) is 7.61. The van der Waals surface area contributed by atoms with Crippen molar-refractivity contribution in [1.29, 1.82) is 5.41 Å². The second-order valence-corrected chi connectivity index (χ2v) is 7.61. The van der Waals surface area contributed by atoms with Crippen LogP contribution in [0.1, 0.15) is 32.6 Å². The van der Waals surface area contributed by atoms with Crippen molar-refractivity contribution in [3.8, 4) is 0 Å². The molecule has 0 unspecified atom stereocenters. The van der Waals surface area contributed by atoms with E-state index < -0.39 is 5.97 Å². The molecule has 0 aliphatic carbocycles. The quantitative estimate of drug-likeness (QED) is 0.209. The van der Waals surface area contributed by atoms with E-state index in [4.69, 9.17) is 16.2 Å². The highest BCUT2D eigenvalue weighted by atomic mass is 16.4. The van der Waals surface area contributed by atoms with Crippen molar-refractivity contribution in [1.82, 2.24) is 5.32 Å².